The third-order valence-corrected chi connectivity index (χ3v) is 2.17. The van der Waals surface area contributed by atoms with Gasteiger partial charge in [-0.25, -0.2) is 0 Å². The normalized spacial score (nSPS) is 11.2. The second-order valence-corrected chi connectivity index (χ2v) is 3.56. The molecule has 0 aliphatic carbocycles. The summed E-state index contributed by atoms with van der Waals surface area (Å²) in [7, 11) is 1.43. The highest BCUT2D eigenvalue weighted by Gasteiger charge is 2.28. The monoisotopic (exact) mass is 278 g/mol. The van der Waals surface area contributed by atoms with Crippen LogP contribution in [0, 0.1) is 0 Å². The molecule has 0 atom stereocenters. The molecule has 0 radical (unpaired) electrons. The fourth-order valence-electron chi connectivity index (χ4n) is 1.35. The highest BCUT2D eigenvalue weighted by Crippen LogP contribution is 2.25. The minimum atomic E-state index is -4.69. The topological polar surface area (TPSA) is 44.8 Å². The van der Waals surface area contributed by atoms with Crippen molar-refractivity contribution >= 4 is 5.78 Å². The van der Waals surface area contributed by atoms with Crippen LogP contribution >= 0.6 is 0 Å². The number of Topliss-reactive ketones (excluding diaryl/α,β-unsaturated/α-hetero) is 1. The van der Waals surface area contributed by atoms with Crippen LogP contribution in [0.4, 0.5) is 13.2 Å². The number of ether oxygens (including phenoxy) is 3. The van der Waals surface area contributed by atoms with E-state index in [1.54, 1.807) is 6.07 Å². The molecular weight excluding hydrogens is 265 g/mol. The summed E-state index contributed by atoms with van der Waals surface area (Å²) in [5.74, 6) is 0.351. The molecule has 1 aromatic carbocycles. The predicted molar refractivity (Wildman–Crippen MR) is 60.5 cm³/mol. The molecule has 0 spiro atoms. The largest absolute Gasteiger partial charge is 0.522 e. The van der Waals surface area contributed by atoms with E-state index in [4.69, 9.17) is 9.47 Å². The molecule has 19 heavy (non-hydrogen) atoms. The maximum Gasteiger partial charge on any atom is 0.522 e. The molecule has 0 aliphatic rings. The van der Waals surface area contributed by atoms with Crippen molar-refractivity contribution in [3.63, 3.8) is 0 Å². The Labute approximate surface area is 108 Å². The summed E-state index contributed by atoms with van der Waals surface area (Å²) in [6.07, 6.45) is -4.69. The predicted octanol–water partition coefficient (Wildman–Crippen LogP) is 2.81. The van der Waals surface area contributed by atoms with Crippen LogP contribution in [0.2, 0.25) is 0 Å². The van der Waals surface area contributed by atoms with Crippen LogP contribution in [-0.4, -0.2) is 32.5 Å². The lowest BCUT2D eigenvalue weighted by molar-refractivity contribution is -0.325. The lowest BCUT2D eigenvalue weighted by atomic mass is 10.1. The second-order valence-electron chi connectivity index (χ2n) is 3.56. The van der Waals surface area contributed by atoms with Gasteiger partial charge >= 0.3 is 6.36 Å². The lowest BCUT2D eigenvalue weighted by Gasteiger charge is -2.12. The third kappa shape index (κ3) is 5.17. The van der Waals surface area contributed by atoms with Crippen molar-refractivity contribution in [3.8, 4) is 11.5 Å². The van der Waals surface area contributed by atoms with Gasteiger partial charge in [0.15, 0.2) is 5.78 Å². The van der Waals surface area contributed by atoms with Gasteiger partial charge in [-0.2, -0.15) is 0 Å². The van der Waals surface area contributed by atoms with E-state index in [1.165, 1.54) is 26.2 Å². The van der Waals surface area contributed by atoms with Crippen LogP contribution < -0.4 is 9.47 Å². The number of methoxy groups -OCH3 is 1. The van der Waals surface area contributed by atoms with Crippen LogP contribution in [0.1, 0.15) is 17.3 Å². The maximum absolute atomic E-state index is 11.8. The van der Waals surface area contributed by atoms with Crippen LogP contribution in [-0.2, 0) is 4.74 Å². The molecule has 4 nitrogen and oxygen atoms in total. The van der Waals surface area contributed by atoms with Crippen molar-refractivity contribution in [2.24, 2.45) is 0 Å². The summed E-state index contributed by atoms with van der Waals surface area (Å²) in [6, 6.07) is 4.49. The van der Waals surface area contributed by atoms with Gasteiger partial charge in [0.25, 0.3) is 0 Å². The summed E-state index contributed by atoms with van der Waals surface area (Å²) in [5, 5.41) is 0. The lowest BCUT2D eigenvalue weighted by Crippen LogP contribution is -2.18. The first-order valence-corrected chi connectivity index (χ1v) is 5.36. The van der Waals surface area contributed by atoms with E-state index in [-0.39, 0.29) is 23.7 Å². The molecule has 7 heteroatoms. The minimum absolute atomic E-state index is 0.164. The van der Waals surface area contributed by atoms with Crippen molar-refractivity contribution in [1.29, 1.82) is 0 Å². The van der Waals surface area contributed by atoms with Crippen LogP contribution in [0.3, 0.4) is 0 Å². The molecule has 0 aromatic heterocycles. The zero-order valence-electron chi connectivity index (χ0n) is 10.4. The molecule has 0 fully saturated rings. The Balaban J connectivity index is 2.67. The van der Waals surface area contributed by atoms with Gasteiger partial charge < -0.3 is 9.47 Å². The van der Waals surface area contributed by atoms with Gasteiger partial charge in [-0.15, -0.1) is 13.2 Å². The number of carbonyl (C=O) groups is 1. The number of alkyl halides is 3. The number of halogens is 3. The smallest absolute Gasteiger partial charge is 0.497 e. The van der Waals surface area contributed by atoms with Crippen molar-refractivity contribution < 1.29 is 32.2 Å². The van der Waals surface area contributed by atoms with Gasteiger partial charge in [0.05, 0.1) is 19.3 Å². The van der Waals surface area contributed by atoms with E-state index in [2.05, 4.69) is 4.74 Å². The Kier molecular flexibility index (Phi) is 5.17. The Morgan fingerprint density at radius 1 is 1.26 bits per heavy atom. The van der Waals surface area contributed by atoms with E-state index in [0.717, 1.165) is 0 Å². The Morgan fingerprint density at radius 2 is 1.95 bits per heavy atom. The SMILES string of the molecule is COc1ccc(C(C)=O)c(OCCOC(F)(F)F)c1. The highest BCUT2D eigenvalue weighted by atomic mass is 19.4. The summed E-state index contributed by atoms with van der Waals surface area (Å²) in [5.41, 5.74) is 0.271. The van der Waals surface area contributed by atoms with E-state index in [9.17, 15) is 18.0 Å². The number of benzene rings is 1. The molecule has 0 aliphatic heterocycles. The molecule has 0 heterocycles. The number of ketones is 1. The summed E-state index contributed by atoms with van der Waals surface area (Å²) < 4.78 is 48.9. The molecule has 0 N–H and O–H groups in total. The summed E-state index contributed by atoms with van der Waals surface area (Å²) >= 11 is 0. The average Bonchev–Trinajstić information content (AvgIpc) is 2.33. The average molecular weight is 278 g/mol. The molecule has 0 bridgehead atoms. The van der Waals surface area contributed by atoms with Crippen LogP contribution in [0.5, 0.6) is 11.5 Å². The number of hydrogen-bond donors (Lipinski definition) is 0. The zero-order valence-corrected chi connectivity index (χ0v) is 10.4. The van der Waals surface area contributed by atoms with Crippen molar-refractivity contribution in [1.82, 2.24) is 0 Å². The van der Waals surface area contributed by atoms with Gasteiger partial charge in [-0.3, -0.25) is 9.53 Å². The van der Waals surface area contributed by atoms with Crippen molar-refractivity contribution in [2.45, 2.75) is 13.3 Å². The molecule has 0 saturated carbocycles. The standard InChI is InChI=1S/C12H13F3O4/c1-8(16)10-4-3-9(17-2)7-11(10)18-5-6-19-12(13,14)15/h3-4,7H,5-6H2,1-2H3. The fourth-order valence-corrected chi connectivity index (χ4v) is 1.35. The van der Waals surface area contributed by atoms with Crippen molar-refractivity contribution in [2.75, 3.05) is 20.3 Å². The Morgan fingerprint density at radius 3 is 2.47 bits per heavy atom. The van der Waals surface area contributed by atoms with Gasteiger partial charge in [-0.1, -0.05) is 0 Å². The van der Waals surface area contributed by atoms with Crippen LogP contribution in [0.15, 0.2) is 18.2 Å². The second kappa shape index (κ2) is 6.42. The first-order valence-electron chi connectivity index (χ1n) is 5.36. The molecule has 0 saturated heterocycles. The van der Waals surface area contributed by atoms with Crippen molar-refractivity contribution in [3.05, 3.63) is 23.8 Å². The first-order chi connectivity index (χ1) is 8.83. The van der Waals surface area contributed by atoms with E-state index >= 15 is 0 Å². The van der Waals surface area contributed by atoms with E-state index < -0.39 is 13.0 Å². The third-order valence-electron chi connectivity index (χ3n) is 2.17. The van der Waals surface area contributed by atoms with Gasteiger partial charge in [-0.05, 0) is 19.1 Å². The van der Waals surface area contributed by atoms with Gasteiger partial charge in [0, 0.05) is 6.07 Å². The van der Waals surface area contributed by atoms with Gasteiger partial charge in [0.2, 0.25) is 0 Å². The molecular formula is C12H13F3O4. The van der Waals surface area contributed by atoms with Crippen LogP contribution in [0.25, 0.3) is 0 Å². The summed E-state index contributed by atoms with van der Waals surface area (Å²) in [4.78, 5) is 11.3. The quantitative estimate of drug-likeness (QED) is 0.593. The van der Waals surface area contributed by atoms with E-state index in [0.29, 0.717) is 5.75 Å². The number of hydrogen-bond acceptors (Lipinski definition) is 4. The highest BCUT2D eigenvalue weighted by molar-refractivity contribution is 5.97. The maximum atomic E-state index is 11.8. The van der Waals surface area contributed by atoms with Gasteiger partial charge in [0.1, 0.15) is 18.1 Å². The molecule has 0 amide bonds. The number of rotatable bonds is 6. The fraction of sp³-hybridized carbons (Fsp3) is 0.417. The zero-order chi connectivity index (χ0) is 14.5. The van der Waals surface area contributed by atoms with E-state index in [1.807, 2.05) is 0 Å². The first kappa shape index (κ1) is 15.3. The molecule has 0 unspecified atom stereocenters. The minimum Gasteiger partial charge on any atom is -0.497 e. The molecule has 1 aromatic rings. The molecule has 1 rings (SSSR count). The summed E-state index contributed by atoms with van der Waals surface area (Å²) in [6.45, 7) is 0.353. The Hall–Kier alpha value is -1.76. The number of carbonyl (C=O) groups excluding carboxylic acids is 1. The molecule has 106 valence electrons. The Bertz CT molecular complexity index is 443.